The number of carbonyl (C=O) groups excluding carboxylic acids is 1. The quantitative estimate of drug-likeness (QED) is 0.460. The van der Waals surface area contributed by atoms with Crippen molar-refractivity contribution in [2.75, 3.05) is 13.2 Å². The van der Waals surface area contributed by atoms with Gasteiger partial charge in [0.25, 0.3) is 5.91 Å². The van der Waals surface area contributed by atoms with E-state index < -0.39 is 5.60 Å². The molecule has 2 aromatic carbocycles. The van der Waals surface area contributed by atoms with Gasteiger partial charge in [0.1, 0.15) is 11.3 Å². The molecule has 1 aliphatic heterocycles. The zero-order valence-corrected chi connectivity index (χ0v) is 21.7. The maximum Gasteiger partial charge on any atom is 0.339 e. The molecule has 6 nitrogen and oxygen atoms in total. The van der Waals surface area contributed by atoms with E-state index in [0.29, 0.717) is 40.4 Å². The molecule has 1 amide bonds. The Balaban J connectivity index is 1.42. The number of ether oxygens (including phenoxy) is 1. The Kier molecular flexibility index (Phi) is 6.60. The SMILES string of the molecule is Cc1c(C)c2ccc(OCC(=O)N3CC[C@]4(O)CCCC[C@H]4[C@@H]3c3ccc(Cl)cc3)c(C)c2oc1=O. The van der Waals surface area contributed by atoms with Gasteiger partial charge in [-0.05, 0) is 75.4 Å². The zero-order chi connectivity index (χ0) is 25.6. The third kappa shape index (κ3) is 4.31. The van der Waals surface area contributed by atoms with Gasteiger partial charge in [-0.2, -0.15) is 0 Å². The number of likely N-dealkylation sites (tertiary alicyclic amines) is 1. The zero-order valence-electron chi connectivity index (χ0n) is 21.0. The predicted molar refractivity (Wildman–Crippen MR) is 140 cm³/mol. The summed E-state index contributed by atoms with van der Waals surface area (Å²) >= 11 is 6.14. The van der Waals surface area contributed by atoms with Gasteiger partial charge in [-0.25, -0.2) is 4.79 Å². The highest BCUT2D eigenvalue weighted by molar-refractivity contribution is 6.30. The van der Waals surface area contributed by atoms with Crippen molar-refractivity contribution in [3.63, 3.8) is 0 Å². The van der Waals surface area contributed by atoms with Gasteiger partial charge < -0.3 is 19.2 Å². The van der Waals surface area contributed by atoms with Crippen LogP contribution in [0.3, 0.4) is 0 Å². The normalized spacial score (nSPS) is 24.0. The molecule has 1 aromatic heterocycles. The second-order valence-corrected chi connectivity index (χ2v) is 10.7. The van der Waals surface area contributed by atoms with Crippen LogP contribution in [0.5, 0.6) is 5.75 Å². The minimum atomic E-state index is -0.761. The van der Waals surface area contributed by atoms with Crippen molar-refractivity contribution in [1.82, 2.24) is 4.90 Å². The maximum atomic E-state index is 13.5. The van der Waals surface area contributed by atoms with E-state index in [4.69, 9.17) is 20.8 Å². The summed E-state index contributed by atoms with van der Waals surface area (Å²) < 4.78 is 11.6. The van der Waals surface area contributed by atoms with E-state index in [1.54, 1.807) is 6.92 Å². The Morgan fingerprint density at radius 3 is 2.58 bits per heavy atom. The highest BCUT2D eigenvalue weighted by Crippen LogP contribution is 2.49. The van der Waals surface area contributed by atoms with Crippen molar-refractivity contribution >= 4 is 28.5 Å². The Morgan fingerprint density at radius 1 is 1.08 bits per heavy atom. The fourth-order valence-electron chi connectivity index (χ4n) is 6.04. The van der Waals surface area contributed by atoms with Crippen LogP contribution in [0.4, 0.5) is 0 Å². The number of hydrogen-bond acceptors (Lipinski definition) is 5. The van der Waals surface area contributed by atoms with Gasteiger partial charge in [-0.15, -0.1) is 0 Å². The highest BCUT2D eigenvalue weighted by Gasteiger charge is 2.50. The molecular weight excluding hydrogens is 478 g/mol. The fraction of sp³-hybridized carbons (Fsp3) is 0.448. The molecule has 36 heavy (non-hydrogen) atoms. The van der Waals surface area contributed by atoms with E-state index >= 15 is 0 Å². The van der Waals surface area contributed by atoms with Crippen molar-refractivity contribution in [2.45, 2.75) is 64.5 Å². The molecular formula is C29H32ClNO5. The van der Waals surface area contributed by atoms with Crippen molar-refractivity contribution in [2.24, 2.45) is 5.92 Å². The Labute approximate surface area is 215 Å². The van der Waals surface area contributed by atoms with Crippen molar-refractivity contribution in [3.8, 4) is 5.75 Å². The lowest BCUT2D eigenvalue weighted by molar-refractivity contribution is -0.157. The molecule has 190 valence electrons. The average Bonchev–Trinajstić information content (AvgIpc) is 2.87. The van der Waals surface area contributed by atoms with Crippen LogP contribution in [-0.4, -0.2) is 34.7 Å². The summed E-state index contributed by atoms with van der Waals surface area (Å²) in [7, 11) is 0. The van der Waals surface area contributed by atoms with E-state index in [-0.39, 0.29) is 30.1 Å². The van der Waals surface area contributed by atoms with Gasteiger partial charge in [-0.1, -0.05) is 36.6 Å². The lowest BCUT2D eigenvalue weighted by Crippen LogP contribution is -2.56. The molecule has 0 spiro atoms. The molecule has 2 fully saturated rings. The monoisotopic (exact) mass is 509 g/mol. The third-order valence-corrected chi connectivity index (χ3v) is 8.53. The molecule has 0 bridgehead atoms. The van der Waals surface area contributed by atoms with Crippen LogP contribution in [0, 0.1) is 26.7 Å². The lowest BCUT2D eigenvalue weighted by atomic mass is 9.66. The van der Waals surface area contributed by atoms with E-state index in [9.17, 15) is 14.7 Å². The standard InChI is InChI=1S/C29H32ClNO5/c1-17-18(2)28(33)36-27-19(3)24(12-11-22(17)27)35-16-25(32)31-15-14-29(34)13-5-4-6-23(29)26(31)20-7-9-21(30)10-8-20/h7-12,23,26,34H,4-6,13-16H2,1-3H3/t23-,26-,29+/m0/s1. The molecule has 1 saturated carbocycles. The van der Waals surface area contributed by atoms with Gasteiger partial charge in [0.05, 0.1) is 11.6 Å². The molecule has 3 atom stereocenters. The fourth-order valence-corrected chi connectivity index (χ4v) is 6.16. The summed E-state index contributed by atoms with van der Waals surface area (Å²) in [6.45, 7) is 5.81. The van der Waals surface area contributed by atoms with Gasteiger partial charge in [-0.3, -0.25) is 4.79 Å². The third-order valence-electron chi connectivity index (χ3n) is 8.27. The number of rotatable bonds is 4. The molecule has 5 rings (SSSR count). The van der Waals surface area contributed by atoms with Gasteiger partial charge in [0, 0.05) is 34.0 Å². The molecule has 2 heterocycles. The van der Waals surface area contributed by atoms with Crippen LogP contribution in [0.1, 0.15) is 60.4 Å². The number of hydrogen-bond donors (Lipinski definition) is 1. The number of aliphatic hydroxyl groups is 1. The van der Waals surface area contributed by atoms with Crippen LogP contribution < -0.4 is 10.4 Å². The largest absolute Gasteiger partial charge is 0.483 e. The maximum absolute atomic E-state index is 13.5. The van der Waals surface area contributed by atoms with Gasteiger partial charge >= 0.3 is 5.63 Å². The topological polar surface area (TPSA) is 80.0 Å². The van der Waals surface area contributed by atoms with E-state index in [2.05, 4.69) is 0 Å². The first-order valence-electron chi connectivity index (χ1n) is 12.6. The summed E-state index contributed by atoms with van der Waals surface area (Å²) in [6.07, 6.45) is 4.24. The molecule has 3 aromatic rings. The van der Waals surface area contributed by atoms with E-state index in [0.717, 1.165) is 42.2 Å². The summed E-state index contributed by atoms with van der Waals surface area (Å²) in [5.74, 6) is 0.341. The average molecular weight is 510 g/mol. The van der Waals surface area contributed by atoms with Crippen molar-refractivity contribution < 1.29 is 19.1 Å². The predicted octanol–water partition coefficient (Wildman–Crippen LogP) is 5.65. The number of benzene rings is 2. The molecule has 1 saturated heterocycles. The molecule has 1 aliphatic carbocycles. The second-order valence-electron chi connectivity index (χ2n) is 10.3. The van der Waals surface area contributed by atoms with Crippen LogP contribution in [0.15, 0.2) is 45.6 Å². The summed E-state index contributed by atoms with van der Waals surface area (Å²) in [5.41, 5.74) is 2.50. The summed E-state index contributed by atoms with van der Waals surface area (Å²) in [5, 5.41) is 13.0. The molecule has 2 aliphatic rings. The van der Waals surface area contributed by atoms with Gasteiger partial charge in [0.15, 0.2) is 6.61 Å². The summed E-state index contributed by atoms with van der Waals surface area (Å²) in [6, 6.07) is 11.0. The van der Waals surface area contributed by atoms with E-state index in [1.807, 2.05) is 55.1 Å². The minimum Gasteiger partial charge on any atom is -0.483 e. The molecule has 1 N–H and O–H groups in total. The van der Waals surface area contributed by atoms with Gasteiger partial charge in [0.2, 0.25) is 0 Å². The number of carbonyl (C=O) groups is 1. The number of piperidine rings is 1. The highest BCUT2D eigenvalue weighted by atomic mass is 35.5. The summed E-state index contributed by atoms with van der Waals surface area (Å²) in [4.78, 5) is 27.6. The number of amides is 1. The Hall–Kier alpha value is -2.83. The first-order valence-corrected chi connectivity index (χ1v) is 13.0. The molecule has 0 radical (unpaired) electrons. The number of nitrogens with zero attached hydrogens (tertiary/aromatic N) is 1. The molecule has 0 unspecified atom stereocenters. The minimum absolute atomic E-state index is 0.0342. The van der Waals surface area contributed by atoms with Crippen LogP contribution in [-0.2, 0) is 4.79 Å². The number of halogens is 1. The first kappa shape index (κ1) is 24.8. The van der Waals surface area contributed by atoms with Crippen LogP contribution in [0.25, 0.3) is 11.0 Å². The second kappa shape index (κ2) is 9.56. The number of aryl methyl sites for hydroxylation is 2. The van der Waals surface area contributed by atoms with Crippen molar-refractivity contribution in [3.05, 3.63) is 74.1 Å². The number of fused-ring (bicyclic) bond motifs is 2. The van der Waals surface area contributed by atoms with Crippen LogP contribution >= 0.6 is 11.6 Å². The Morgan fingerprint density at radius 2 is 1.83 bits per heavy atom. The van der Waals surface area contributed by atoms with Crippen molar-refractivity contribution in [1.29, 1.82) is 0 Å². The lowest BCUT2D eigenvalue weighted by Gasteiger charge is -2.52. The smallest absolute Gasteiger partial charge is 0.339 e. The first-order chi connectivity index (χ1) is 17.2. The Bertz CT molecular complexity index is 1360. The van der Waals surface area contributed by atoms with Crippen LogP contribution in [0.2, 0.25) is 5.02 Å². The molecule has 7 heteroatoms. The van der Waals surface area contributed by atoms with E-state index in [1.165, 1.54) is 0 Å².